The molecule has 0 amide bonds. The summed E-state index contributed by atoms with van der Waals surface area (Å²) in [5.41, 5.74) is 1.31. The van der Waals surface area contributed by atoms with E-state index in [2.05, 4.69) is 62.8 Å². The number of aryl methyl sites for hydroxylation is 1. The molecule has 0 aliphatic carbocycles. The van der Waals surface area contributed by atoms with Crippen LogP contribution in [0.15, 0.2) is 41.5 Å². The molecule has 1 aromatic carbocycles. The molecule has 1 aliphatic rings. The first kappa shape index (κ1) is 18.8. The summed E-state index contributed by atoms with van der Waals surface area (Å²) in [6, 6.07) is 10.9. The minimum absolute atomic E-state index is 0.292. The molecule has 1 aromatic heterocycles. The predicted octanol–water partition coefficient (Wildman–Crippen LogP) is 2.19. The zero-order valence-corrected chi connectivity index (χ0v) is 16.3. The van der Waals surface area contributed by atoms with Crippen LogP contribution in [0.25, 0.3) is 0 Å². The molecular weight excluding hydrogens is 346 g/mol. The van der Waals surface area contributed by atoms with Gasteiger partial charge in [-0.25, -0.2) is 4.98 Å². The summed E-state index contributed by atoms with van der Waals surface area (Å²) in [5, 5.41) is 7.90. The molecule has 1 aliphatic heterocycles. The van der Waals surface area contributed by atoms with Crippen molar-refractivity contribution >= 4 is 17.3 Å². The van der Waals surface area contributed by atoms with E-state index in [0.717, 1.165) is 43.8 Å². The lowest BCUT2D eigenvalue weighted by Gasteiger charge is -2.35. The second kappa shape index (κ2) is 9.66. The fraction of sp³-hybridized carbons (Fsp3) is 0.474. The summed E-state index contributed by atoms with van der Waals surface area (Å²) in [5.74, 6) is 0.798. The van der Waals surface area contributed by atoms with Gasteiger partial charge in [0.15, 0.2) is 5.96 Å². The van der Waals surface area contributed by atoms with E-state index in [1.807, 2.05) is 6.20 Å². The first-order chi connectivity index (χ1) is 12.8. The van der Waals surface area contributed by atoms with Crippen molar-refractivity contribution in [3.8, 4) is 0 Å². The maximum Gasteiger partial charge on any atom is 0.191 e. The van der Waals surface area contributed by atoms with Crippen LogP contribution in [0.5, 0.6) is 0 Å². The minimum Gasteiger partial charge on any atom is -0.379 e. The van der Waals surface area contributed by atoms with Crippen LogP contribution in [0.1, 0.15) is 21.5 Å². The number of aromatic nitrogens is 1. The van der Waals surface area contributed by atoms with Gasteiger partial charge in [0.1, 0.15) is 5.01 Å². The first-order valence-electron chi connectivity index (χ1n) is 8.99. The van der Waals surface area contributed by atoms with Crippen molar-refractivity contribution in [1.82, 2.24) is 20.5 Å². The molecule has 0 radical (unpaired) electrons. The Morgan fingerprint density at radius 3 is 2.69 bits per heavy atom. The molecule has 3 rings (SSSR count). The molecule has 0 spiro atoms. The molecule has 1 unspecified atom stereocenters. The van der Waals surface area contributed by atoms with E-state index in [4.69, 9.17) is 4.74 Å². The summed E-state index contributed by atoms with van der Waals surface area (Å²) in [6.07, 6.45) is 1.90. The van der Waals surface area contributed by atoms with Crippen LogP contribution in [0.2, 0.25) is 0 Å². The molecule has 26 heavy (non-hydrogen) atoms. The number of aliphatic imine (C=N–C) groups is 1. The Hall–Kier alpha value is -1.96. The summed E-state index contributed by atoms with van der Waals surface area (Å²) in [6.45, 7) is 7.03. The van der Waals surface area contributed by atoms with Crippen molar-refractivity contribution in [2.24, 2.45) is 4.99 Å². The molecular formula is C19H27N5OS. The van der Waals surface area contributed by atoms with Crippen LogP contribution in [-0.4, -0.2) is 55.7 Å². The van der Waals surface area contributed by atoms with Crippen molar-refractivity contribution in [2.45, 2.75) is 19.5 Å². The molecule has 2 aromatic rings. The van der Waals surface area contributed by atoms with Gasteiger partial charge in [0.25, 0.3) is 0 Å². The number of rotatable bonds is 6. The van der Waals surface area contributed by atoms with Gasteiger partial charge in [-0.1, -0.05) is 30.3 Å². The second-order valence-corrected chi connectivity index (χ2v) is 7.57. The van der Waals surface area contributed by atoms with Crippen molar-refractivity contribution in [3.63, 3.8) is 0 Å². The number of nitrogens with zero attached hydrogens (tertiary/aromatic N) is 3. The van der Waals surface area contributed by atoms with Crippen LogP contribution < -0.4 is 10.6 Å². The largest absolute Gasteiger partial charge is 0.379 e. The zero-order valence-electron chi connectivity index (χ0n) is 15.4. The van der Waals surface area contributed by atoms with Crippen LogP contribution >= 0.6 is 11.3 Å². The zero-order chi connectivity index (χ0) is 18.2. The standard InChI is InChI=1S/C19H27N5OS/c1-15-12-21-18(26-15)14-23-19(20-2)22-13-17(16-6-4-3-5-7-16)24-8-10-25-11-9-24/h3-7,12,17H,8-11,13-14H2,1-2H3,(H2,20,22,23). The summed E-state index contributed by atoms with van der Waals surface area (Å²) >= 11 is 1.71. The normalized spacial score (nSPS) is 17.1. The Morgan fingerprint density at radius 1 is 1.27 bits per heavy atom. The quantitative estimate of drug-likeness (QED) is 0.600. The number of morpholine rings is 1. The van der Waals surface area contributed by atoms with Gasteiger partial charge < -0.3 is 15.4 Å². The Bertz CT molecular complexity index is 697. The third-order valence-electron chi connectivity index (χ3n) is 4.43. The minimum atomic E-state index is 0.292. The second-order valence-electron chi connectivity index (χ2n) is 6.25. The Kier molecular flexibility index (Phi) is 6.99. The molecule has 1 fully saturated rings. The van der Waals surface area contributed by atoms with Crippen molar-refractivity contribution in [2.75, 3.05) is 39.9 Å². The molecule has 2 heterocycles. The van der Waals surface area contributed by atoms with Gasteiger partial charge in [-0.3, -0.25) is 9.89 Å². The number of guanidine groups is 1. The van der Waals surface area contributed by atoms with E-state index in [-0.39, 0.29) is 0 Å². The summed E-state index contributed by atoms with van der Waals surface area (Å²) in [4.78, 5) is 12.4. The van der Waals surface area contributed by atoms with Gasteiger partial charge >= 0.3 is 0 Å². The van der Waals surface area contributed by atoms with Gasteiger partial charge in [-0.2, -0.15) is 0 Å². The number of hydrogen-bond donors (Lipinski definition) is 2. The highest BCUT2D eigenvalue weighted by atomic mass is 32.1. The van der Waals surface area contributed by atoms with Crippen molar-refractivity contribution < 1.29 is 4.74 Å². The molecule has 2 N–H and O–H groups in total. The number of benzene rings is 1. The first-order valence-corrected chi connectivity index (χ1v) is 9.80. The van der Waals surface area contributed by atoms with Crippen LogP contribution in [0.4, 0.5) is 0 Å². The highest BCUT2D eigenvalue weighted by Crippen LogP contribution is 2.21. The average molecular weight is 374 g/mol. The maximum atomic E-state index is 5.52. The molecule has 6 nitrogen and oxygen atoms in total. The van der Waals surface area contributed by atoms with Crippen LogP contribution in [0.3, 0.4) is 0 Å². The van der Waals surface area contributed by atoms with E-state index >= 15 is 0 Å². The molecule has 0 bridgehead atoms. The number of ether oxygens (including phenoxy) is 1. The molecule has 1 atom stereocenters. The Morgan fingerprint density at radius 2 is 2.04 bits per heavy atom. The third-order valence-corrected chi connectivity index (χ3v) is 5.35. The lowest BCUT2D eigenvalue weighted by atomic mass is 10.0. The van der Waals surface area contributed by atoms with Crippen molar-refractivity contribution in [3.05, 3.63) is 52.0 Å². The lowest BCUT2D eigenvalue weighted by molar-refractivity contribution is 0.0170. The number of nitrogens with one attached hydrogen (secondary N) is 2. The van der Waals surface area contributed by atoms with Gasteiger partial charge in [-0.15, -0.1) is 11.3 Å². The van der Waals surface area contributed by atoms with Gasteiger partial charge in [-0.05, 0) is 12.5 Å². The lowest BCUT2D eigenvalue weighted by Crippen LogP contribution is -2.46. The molecule has 0 saturated carbocycles. The van der Waals surface area contributed by atoms with E-state index < -0.39 is 0 Å². The summed E-state index contributed by atoms with van der Waals surface area (Å²) in [7, 11) is 1.80. The van der Waals surface area contributed by atoms with Gasteiger partial charge in [0.05, 0.1) is 25.8 Å². The maximum absolute atomic E-state index is 5.52. The Balaban J connectivity index is 1.60. The van der Waals surface area contributed by atoms with E-state index in [1.165, 1.54) is 10.4 Å². The SMILES string of the molecule is CN=C(NCc1ncc(C)s1)NCC(c1ccccc1)N1CCOCC1. The molecule has 140 valence electrons. The predicted molar refractivity (Wildman–Crippen MR) is 107 cm³/mol. The monoisotopic (exact) mass is 373 g/mol. The average Bonchev–Trinajstić information content (AvgIpc) is 3.11. The topological polar surface area (TPSA) is 61.8 Å². The van der Waals surface area contributed by atoms with E-state index in [9.17, 15) is 0 Å². The van der Waals surface area contributed by atoms with Crippen molar-refractivity contribution in [1.29, 1.82) is 0 Å². The highest BCUT2D eigenvalue weighted by Gasteiger charge is 2.22. The summed E-state index contributed by atoms with van der Waals surface area (Å²) < 4.78 is 5.52. The fourth-order valence-electron chi connectivity index (χ4n) is 3.08. The van der Waals surface area contributed by atoms with E-state index in [0.29, 0.717) is 12.6 Å². The fourth-order valence-corrected chi connectivity index (χ4v) is 3.81. The highest BCUT2D eigenvalue weighted by molar-refractivity contribution is 7.11. The molecule has 7 heteroatoms. The third kappa shape index (κ3) is 5.27. The number of hydrogen-bond acceptors (Lipinski definition) is 5. The van der Waals surface area contributed by atoms with Gasteiger partial charge in [0.2, 0.25) is 0 Å². The van der Waals surface area contributed by atoms with Gasteiger partial charge in [0, 0.05) is 37.8 Å². The smallest absolute Gasteiger partial charge is 0.191 e. The van der Waals surface area contributed by atoms with Crippen LogP contribution in [-0.2, 0) is 11.3 Å². The number of thiazole rings is 1. The van der Waals surface area contributed by atoms with E-state index in [1.54, 1.807) is 18.4 Å². The van der Waals surface area contributed by atoms with Crippen LogP contribution in [0, 0.1) is 6.92 Å². The Labute approximate surface area is 159 Å². The molecule has 1 saturated heterocycles.